The van der Waals surface area contributed by atoms with Gasteiger partial charge in [-0.05, 0) is 76.5 Å². The van der Waals surface area contributed by atoms with Crippen LogP contribution in [0.25, 0.3) is 11.3 Å². The fourth-order valence-electron chi connectivity index (χ4n) is 5.75. The van der Waals surface area contributed by atoms with Gasteiger partial charge in [0.25, 0.3) is 0 Å². The minimum Gasteiger partial charge on any atom is -0.475 e. The minimum absolute atomic E-state index is 0.0808. The van der Waals surface area contributed by atoms with Crippen LogP contribution in [0.1, 0.15) is 63.5 Å². The van der Waals surface area contributed by atoms with E-state index in [0.717, 1.165) is 22.4 Å². The molecule has 2 unspecified atom stereocenters. The van der Waals surface area contributed by atoms with Crippen LogP contribution >= 0.6 is 0 Å². The number of carbonyl (C=O) groups excluding carboxylic acids is 1. The molecule has 5 rings (SSSR count). The Balaban J connectivity index is 1.16. The summed E-state index contributed by atoms with van der Waals surface area (Å²) >= 11 is 0. The number of ether oxygens (including phenoxy) is 4. The minimum atomic E-state index is -4.12. The van der Waals surface area contributed by atoms with E-state index in [4.69, 9.17) is 28.1 Å². The summed E-state index contributed by atoms with van der Waals surface area (Å²) in [6, 6.07) is 12.0. The smallest absolute Gasteiger partial charge is 0.387 e. The number of hydrogen-bond acceptors (Lipinski definition) is 9. The Labute approximate surface area is 242 Å². The topological polar surface area (TPSA) is 113 Å². The van der Waals surface area contributed by atoms with Crippen LogP contribution < -0.4 is 4.74 Å². The van der Waals surface area contributed by atoms with Crippen molar-refractivity contribution in [2.75, 3.05) is 32.9 Å². The van der Waals surface area contributed by atoms with Gasteiger partial charge in [-0.3, -0.25) is 4.79 Å². The maximum absolute atomic E-state index is 12.8. The lowest BCUT2D eigenvalue weighted by atomic mass is 9.88. The zero-order chi connectivity index (χ0) is 29.2. The molecule has 224 valence electrons. The van der Waals surface area contributed by atoms with Crippen LogP contribution in [-0.2, 0) is 33.5 Å². The van der Waals surface area contributed by atoms with Gasteiger partial charge < -0.3 is 23.1 Å². The van der Waals surface area contributed by atoms with E-state index < -0.39 is 28.0 Å². The lowest BCUT2D eigenvalue weighted by Crippen LogP contribution is -2.41. The van der Waals surface area contributed by atoms with Gasteiger partial charge in [-0.15, -0.1) is 0 Å². The molecule has 1 aromatic carbocycles. The molecule has 1 aromatic heterocycles. The summed E-state index contributed by atoms with van der Waals surface area (Å²) in [4.78, 5) is 17.2. The molecule has 0 saturated carbocycles. The Morgan fingerprint density at radius 2 is 1.93 bits per heavy atom. The first-order valence-electron chi connectivity index (χ1n) is 14.4. The quantitative estimate of drug-likeness (QED) is 0.444. The number of aromatic nitrogens is 1. The largest absolute Gasteiger partial charge is 0.475 e. The molecule has 0 amide bonds. The van der Waals surface area contributed by atoms with Gasteiger partial charge in [0, 0.05) is 31.3 Å². The molecular weight excluding hydrogens is 548 g/mol. The Hall–Kier alpha value is -2.57. The third-order valence-electron chi connectivity index (χ3n) is 7.98. The van der Waals surface area contributed by atoms with Crippen molar-refractivity contribution in [2.45, 2.75) is 77.3 Å². The van der Waals surface area contributed by atoms with Crippen LogP contribution in [0.4, 0.5) is 0 Å². The van der Waals surface area contributed by atoms with Gasteiger partial charge in [0.15, 0.2) is 5.79 Å². The van der Waals surface area contributed by atoms with Crippen molar-refractivity contribution in [3.05, 3.63) is 47.5 Å². The van der Waals surface area contributed by atoms with Crippen LogP contribution in [-0.4, -0.2) is 74.6 Å². The Kier molecular flexibility index (Phi) is 9.01. The zero-order valence-electron chi connectivity index (χ0n) is 24.2. The Morgan fingerprint density at radius 1 is 1.15 bits per heavy atom. The van der Waals surface area contributed by atoms with Gasteiger partial charge in [0.1, 0.15) is 12.7 Å². The zero-order valence-corrected chi connectivity index (χ0v) is 25.0. The van der Waals surface area contributed by atoms with Crippen LogP contribution in [0, 0.1) is 12.8 Å². The first kappa shape index (κ1) is 29.9. The highest BCUT2D eigenvalue weighted by Gasteiger charge is 2.36. The average molecular weight is 589 g/mol. The van der Waals surface area contributed by atoms with E-state index in [9.17, 15) is 13.2 Å². The summed E-state index contributed by atoms with van der Waals surface area (Å²) in [6.45, 7) is 9.59. The number of benzene rings is 1. The second-order valence-electron chi connectivity index (χ2n) is 11.6. The number of aryl methyl sites for hydroxylation is 1. The SMILES string of the molecule is Cc1cc(C2CCN(S(=O)(=O)OC(=O)C3CCOC(C)C3)CC2)ccc1-c1cccc(OC[C@@H]2COC(C)(C)O2)n1. The lowest BCUT2D eigenvalue weighted by molar-refractivity contribution is -0.143. The van der Waals surface area contributed by atoms with Crippen LogP contribution in [0.3, 0.4) is 0 Å². The predicted molar refractivity (Wildman–Crippen MR) is 152 cm³/mol. The fraction of sp³-hybridized carbons (Fsp3) is 0.600. The molecule has 3 fully saturated rings. The second kappa shape index (κ2) is 12.3. The van der Waals surface area contributed by atoms with Crippen molar-refractivity contribution in [3.63, 3.8) is 0 Å². The molecule has 3 aliphatic heterocycles. The maximum Gasteiger partial charge on any atom is 0.387 e. The van der Waals surface area contributed by atoms with E-state index in [1.54, 1.807) is 0 Å². The van der Waals surface area contributed by atoms with Gasteiger partial charge in [-0.25, -0.2) is 4.98 Å². The average Bonchev–Trinajstić information content (AvgIpc) is 3.30. The van der Waals surface area contributed by atoms with E-state index in [0.29, 0.717) is 64.5 Å². The van der Waals surface area contributed by atoms with Crippen LogP contribution in [0.15, 0.2) is 36.4 Å². The van der Waals surface area contributed by atoms with Crippen molar-refractivity contribution in [2.24, 2.45) is 5.92 Å². The summed E-state index contributed by atoms with van der Waals surface area (Å²) in [5.74, 6) is -0.982. The molecule has 4 heterocycles. The maximum atomic E-state index is 12.8. The summed E-state index contributed by atoms with van der Waals surface area (Å²) < 4.78 is 54.7. The van der Waals surface area contributed by atoms with Gasteiger partial charge in [-0.2, -0.15) is 12.7 Å². The Morgan fingerprint density at radius 3 is 2.61 bits per heavy atom. The van der Waals surface area contributed by atoms with Crippen molar-refractivity contribution in [3.8, 4) is 17.1 Å². The highest BCUT2D eigenvalue weighted by atomic mass is 32.2. The third-order valence-corrected chi connectivity index (χ3v) is 9.35. The fourth-order valence-corrected chi connectivity index (χ4v) is 6.85. The molecule has 3 aliphatic rings. The van der Waals surface area contributed by atoms with E-state index in [1.807, 2.05) is 39.0 Å². The summed E-state index contributed by atoms with van der Waals surface area (Å²) in [6.07, 6.45) is 2.03. The molecule has 3 atom stereocenters. The number of pyridine rings is 1. The molecule has 0 radical (unpaired) electrons. The molecule has 10 nitrogen and oxygen atoms in total. The molecule has 2 aromatic rings. The van der Waals surface area contributed by atoms with Gasteiger partial charge in [0.05, 0.1) is 24.3 Å². The number of nitrogens with zero attached hydrogens (tertiary/aromatic N) is 2. The molecule has 41 heavy (non-hydrogen) atoms. The van der Waals surface area contributed by atoms with Gasteiger partial charge in [-0.1, -0.05) is 24.3 Å². The number of carbonyl (C=O) groups is 1. The number of hydrogen-bond donors (Lipinski definition) is 0. The third kappa shape index (κ3) is 7.45. The van der Waals surface area contributed by atoms with E-state index in [2.05, 4.69) is 25.1 Å². The van der Waals surface area contributed by atoms with Crippen LogP contribution in [0.2, 0.25) is 0 Å². The molecule has 0 aliphatic carbocycles. The van der Waals surface area contributed by atoms with E-state index in [-0.39, 0.29) is 18.1 Å². The van der Waals surface area contributed by atoms with Crippen LogP contribution in [0.5, 0.6) is 5.88 Å². The number of rotatable bonds is 8. The first-order chi connectivity index (χ1) is 19.5. The second-order valence-corrected chi connectivity index (χ2v) is 13.2. The van der Waals surface area contributed by atoms with Crippen molar-refractivity contribution in [1.82, 2.24) is 9.29 Å². The van der Waals surface area contributed by atoms with Crippen molar-refractivity contribution in [1.29, 1.82) is 0 Å². The van der Waals surface area contributed by atoms with Gasteiger partial charge >= 0.3 is 16.3 Å². The Bertz CT molecular complexity index is 1340. The lowest BCUT2D eigenvalue weighted by Gasteiger charge is -2.31. The summed E-state index contributed by atoms with van der Waals surface area (Å²) in [5, 5.41) is 0. The molecule has 11 heteroatoms. The molecule has 0 spiro atoms. The highest BCUT2D eigenvalue weighted by molar-refractivity contribution is 7.84. The van der Waals surface area contributed by atoms with Crippen molar-refractivity contribution < 1.29 is 36.3 Å². The highest BCUT2D eigenvalue weighted by Crippen LogP contribution is 2.33. The molecule has 0 N–H and O–H groups in total. The standard InChI is InChI=1S/C30H40N2O8S/c1-20-16-23(8-9-26(20)27-6-5-7-28(31-27)37-18-25-19-38-30(3,4)39-25)22-10-13-32(14-11-22)41(34,35)40-29(33)24-12-15-36-21(2)17-24/h5-9,16,21-22,24-25H,10-15,17-19H2,1-4H3/t21?,24?,25-/m1/s1. The molecule has 3 saturated heterocycles. The van der Waals surface area contributed by atoms with Crippen molar-refractivity contribution >= 4 is 16.3 Å². The van der Waals surface area contributed by atoms with E-state index >= 15 is 0 Å². The van der Waals surface area contributed by atoms with Gasteiger partial charge in [0.2, 0.25) is 5.88 Å². The normalized spacial score (nSPS) is 25.6. The first-order valence-corrected chi connectivity index (χ1v) is 15.7. The number of piperidine rings is 1. The summed E-state index contributed by atoms with van der Waals surface area (Å²) in [7, 11) is -4.12. The molecule has 0 bridgehead atoms. The van der Waals surface area contributed by atoms with E-state index in [1.165, 1.54) is 4.31 Å². The monoisotopic (exact) mass is 588 g/mol. The summed E-state index contributed by atoms with van der Waals surface area (Å²) in [5.41, 5.74) is 4.06. The predicted octanol–water partition coefficient (Wildman–Crippen LogP) is 4.37. The molecular formula is C30H40N2O8S.